The van der Waals surface area contributed by atoms with Gasteiger partial charge in [-0.05, 0) is 44.3 Å². The van der Waals surface area contributed by atoms with Gasteiger partial charge in [-0.15, -0.1) is 0 Å². The van der Waals surface area contributed by atoms with Crippen molar-refractivity contribution in [1.82, 2.24) is 14.5 Å². The minimum atomic E-state index is -0.445. The minimum Gasteiger partial charge on any atom is -0.494 e. The van der Waals surface area contributed by atoms with Gasteiger partial charge in [0.2, 0.25) is 11.0 Å². The van der Waals surface area contributed by atoms with E-state index in [9.17, 15) is 14.7 Å². The average molecular weight is 489 g/mol. The lowest BCUT2D eigenvalue weighted by atomic mass is 10.1. The Hall–Kier alpha value is -3.82. The first-order chi connectivity index (χ1) is 17.0. The predicted octanol–water partition coefficient (Wildman–Crippen LogP) is 4.07. The number of aromatic nitrogens is 2. The second-order valence-electron chi connectivity index (χ2n) is 8.30. The third kappa shape index (κ3) is 4.36. The maximum absolute atomic E-state index is 13.3. The Morgan fingerprint density at radius 1 is 1.20 bits per heavy atom. The molecule has 0 atom stereocenters. The summed E-state index contributed by atoms with van der Waals surface area (Å²) in [5.41, 5.74) is 1.91. The molecule has 1 N–H and O–H groups in total. The maximum Gasteiger partial charge on any atom is 0.338 e. The normalized spacial score (nSPS) is 13.9. The largest absolute Gasteiger partial charge is 0.494 e. The second-order valence-corrected chi connectivity index (χ2v) is 9.37. The van der Waals surface area contributed by atoms with E-state index in [0.29, 0.717) is 32.7 Å². The quantitative estimate of drug-likeness (QED) is 0.336. The Balaban J connectivity index is 1.59. The third-order valence-electron chi connectivity index (χ3n) is 5.95. The van der Waals surface area contributed by atoms with Gasteiger partial charge in [0, 0.05) is 41.4 Å². The van der Waals surface area contributed by atoms with Crippen molar-refractivity contribution < 1.29 is 14.6 Å². The van der Waals surface area contributed by atoms with E-state index in [-0.39, 0.29) is 18.0 Å². The van der Waals surface area contributed by atoms with Gasteiger partial charge >= 0.3 is 5.97 Å². The Kier molecular flexibility index (Phi) is 6.19. The highest BCUT2D eigenvalue weighted by molar-refractivity contribution is 7.15. The summed E-state index contributed by atoms with van der Waals surface area (Å²) < 4.78 is 6.25. The average Bonchev–Trinajstić information content (AvgIpc) is 3.26. The van der Waals surface area contributed by atoms with Gasteiger partial charge in [-0.2, -0.15) is 0 Å². The molecular weight excluding hydrogens is 464 g/mol. The summed E-state index contributed by atoms with van der Waals surface area (Å²) >= 11 is 1.54. The van der Waals surface area contributed by atoms with Gasteiger partial charge in [0.25, 0.3) is 5.56 Å². The minimum absolute atomic E-state index is 0.234. The molecule has 0 radical (unpaired) electrons. The van der Waals surface area contributed by atoms with Crippen LogP contribution in [0.2, 0.25) is 0 Å². The van der Waals surface area contributed by atoms with E-state index in [1.807, 2.05) is 6.07 Å². The van der Waals surface area contributed by atoms with Crippen LogP contribution in [0.4, 0.5) is 5.13 Å². The molecular formula is C26H24N4O4S. The fourth-order valence-electron chi connectivity index (χ4n) is 4.17. The second kappa shape index (κ2) is 9.44. The molecule has 1 aliphatic heterocycles. The van der Waals surface area contributed by atoms with Crippen molar-refractivity contribution in [2.75, 3.05) is 20.2 Å². The van der Waals surface area contributed by atoms with Crippen LogP contribution in [0.5, 0.6) is 5.88 Å². The molecule has 5 rings (SSSR count). The molecule has 2 aromatic carbocycles. The number of rotatable bonds is 5. The molecule has 0 amide bonds. The number of likely N-dealkylation sites (N-methyl/N-ethyl adjacent to an activating group) is 1. The van der Waals surface area contributed by atoms with Crippen LogP contribution in [0.3, 0.4) is 0 Å². The number of carbonyl (C=O) groups excluding carboxylic acids is 1. The van der Waals surface area contributed by atoms with E-state index in [2.05, 4.69) is 21.9 Å². The van der Waals surface area contributed by atoms with E-state index in [4.69, 9.17) is 4.74 Å². The molecule has 8 nitrogen and oxygen atoms in total. The number of pyridine rings is 1. The first kappa shape index (κ1) is 22.9. The molecule has 178 valence electrons. The van der Waals surface area contributed by atoms with Crippen LogP contribution in [0.25, 0.3) is 16.5 Å². The Labute approximate surface area is 205 Å². The SMILES string of the molecule is CCOC(=O)c1ccc(-n2c(O)c(/C=N/c3nc4c(s3)CN(C)CC4)c3ccccc3c2=O)cc1. The molecule has 0 unspecified atom stereocenters. The maximum atomic E-state index is 13.3. The predicted molar refractivity (Wildman–Crippen MR) is 137 cm³/mol. The Morgan fingerprint density at radius 3 is 2.69 bits per heavy atom. The Bertz CT molecular complexity index is 1500. The van der Waals surface area contributed by atoms with Crippen molar-refractivity contribution in [3.8, 4) is 11.6 Å². The van der Waals surface area contributed by atoms with Gasteiger partial charge in [0.1, 0.15) is 0 Å². The number of benzene rings is 2. The molecule has 4 aromatic rings. The van der Waals surface area contributed by atoms with Crippen molar-refractivity contribution in [2.24, 2.45) is 4.99 Å². The molecule has 0 spiro atoms. The van der Waals surface area contributed by atoms with Gasteiger partial charge in [0.15, 0.2) is 0 Å². The first-order valence-corrected chi connectivity index (χ1v) is 12.1. The zero-order valence-electron chi connectivity index (χ0n) is 19.4. The molecule has 2 aromatic heterocycles. The monoisotopic (exact) mass is 488 g/mol. The van der Waals surface area contributed by atoms with Gasteiger partial charge in [-0.25, -0.2) is 19.3 Å². The molecule has 0 saturated heterocycles. The van der Waals surface area contributed by atoms with E-state index in [0.717, 1.165) is 25.2 Å². The number of hydrogen-bond acceptors (Lipinski definition) is 8. The van der Waals surface area contributed by atoms with Crippen LogP contribution in [-0.2, 0) is 17.7 Å². The van der Waals surface area contributed by atoms with E-state index >= 15 is 0 Å². The number of hydrogen-bond donors (Lipinski definition) is 1. The van der Waals surface area contributed by atoms with E-state index in [1.54, 1.807) is 55.6 Å². The fraction of sp³-hybridized carbons (Fsp3) is 0.231. The van der Waals surface area contributed by atoms with Crippen molar-refractivity contribution >= 4 is 39.4 Å². The standard InChI is InChI=1S/C26H24N4O4S/c1-3-34-25(33)16-8-10-17(11-9-16)30-23(31)19-7-5-4-6-18(19)20(24(30)32)14-27-26-28-21-12-13-29(2)15-22(21)35-26/h4-11,14,32H,3,12-13,15H2,1-2H3/b27-14+. The number of nitrogens with zero attached hydrogens (tertiary/aromatic N) is 4. The number of aliphatic imine (C=N–C) groups is 1. The highest BCUT2D eigenvalue weighted by Crippen LogP contribution is 2.31. The zero-order chi connectivity index (χ0) is 24.5. The van der Waals surface area contributed by atoms with Crippen molar-refractivity contribution in [1.29, 1.82) is 0 Å². The number of carbonyl (C=O) groups is 1. The molecule has 1 aliphatic rings. The highest BCUT2D eigenvalue weighted by Gasteiger charge is 2.19. The number of thiazole rings is 1. The van der Waals surface area contributed by atoms with E-state index in [1.165, 1.54) is 20.8 Å². The summed E-state index contributed by atoms with van der Waals surface area (Å²) in [6.45, 7) is 3.82. The summed E-state index contributed by atoms with van der Waals surface area (Å²) in [4.78, 5) is 38.0. The lowest BCUT2D eigenvalue weighted by molar-refractivity contribution is 0.0526. The molecule has 0 saturated carbocycles. The number of fused-ring (bicyclic) bond motifs is 2. The zero-order valence-corrected chi connectivity index (χ0v) is 20.2. The number of aromatic hydroxyl groups is 1. The molecule has 0 bridgehead atoms. The topological polar surface area (TPSA) is 97.0 Å². The summed E-state index contributed by atoms with van der Waals surface area (Å²) in [5, 5.41) is 12.9. The summed E-state index contributed by atoms with van der Waals surface area (Å²) in [5.74, 6) is -0.679. The number of ether oxygens (including phenoxy) is 1. The highest BCUT2D eigenvalue weighted by atomic mass is 32.1. The van der Waals surface area contributed by atoms with Crippen LogP contribution in [0, 0.1) is 0 Å². The lowest BCUT2D eigenvalue weighted by Crippen LogP contribution is -2.25. The third-order valence-corrected chi connectivity index (χ3v) is 6.95. The summed E-state index contributed by atoms with van der Waals surface area (Å²) in [7, 11) is 2.08. The fourth-order valence-corrected chi connectivity index (χ4v) is 5.21. The number of esters is 1. The van der Waals surface area contributed by atoms with Gasteiger partial charge in [0.05, 0.1) is 29.1 Å². The Morgan fingerprint density at radius 2 is 1.94 bits per heavy atom. The first-order valence-electron chi connectivity index (χ1n) is 11.3. The molecule has 0 fully saturated rings. The lowest BCUT2D eigenvalue weighted by Gasteiger charge is -2.20. The van der Waals surface area contributed by atoms with Crippen LogP contribution < -0.4 is 5.56 Å². The van der Waals surface area contributed by atoms with Crippen molar-refractivity contribution in [3.05, 3.63) is 80.6 Å². The van der Waals surface area contributed by atoms with Crippen molar-refractivity contribution in [2.45, 2.75) is 19.9 Å². The molecule has 9 heteroatoms. The van der Waals surface area contributed by atoms with Crippen LogP contribution >= 0.6 is 11.3 Å². The molecule has 35 heavy (non-hydrogen) atoms. The van der Waals surface area contributed by atoms with Gasteiger partial charge < -0.3 is 14.7 Å². The van der Waals surface area contributed by atoms with Crippen LogP contribution in [-0.4, -0.2) is 51.9 Å². The molecule has 3 heterocycles. The van der Waals surface area contributed by atoms with Crippen molar-refractivity contribution in [3.63, 3.8) is 0 Å². The van der Waals surface area contributed by atoms with Gasteiger partial charge in [-0.1, -0.05) is 29.5 Å². The van der Waals surface area contributed by atoms with Gasteiger partial charge in [-0.3, -0.25) is 4.79 Å². The molecule has 0 aliphatic carbocycles. The van der Waals surface area contributed by atoms with Crippen LogP contribution in [0.1, 0.15) is 33.4 Å². The summed E-state index contributed by atoms with van der Waals surface area (Å²) in [6, 6.07) is 13.4. The van der Waals surface area contributed by atoms with E-state index < -0.39 is 5.97 Å². The summed E-state index contributed by atoms with van der Waals surface area (Å²) in [6.07, 6.45) is 2.45. The smallest absolute Gasteiger partial charge is 0.338 e. The van der Waals surface area contributed by atoms with Crippen LogP contribution in [0.15, 0.2) is 58.3 Å².